The van der Waals surface area contributed by atoms with Gasteiger partial charge in [0.2, 0.25) is 0 Å². The number of fused-ring (bicyclic) bond motifs is 1. The van der Waals surface area contributed by atoms with Crippen LogP contribution in [0.1, 0.15) is 89.9 Å². The molecule has 2 saturated heterocycles. The molecule has 2 aliphatic heterocycles. The first-order chi connectivity index (χ1) is 20.8. The Morgan fingerprint density at radius 3 is 2.52 bits per heavy atom. The Labute approximate surface area is 265 Å². The Balaban J connectivity index is 1.60. The van der Waals surface area contributed by atoms with Gasteiger partial charge in [0.05, 0.1) is 40.7 Å². The highest BCUT2D eigenvalue weighted by Crippen LogP contribution is 2.40. The highest BCUT2D eigenvalue weighted by atomic mass is 32.1. The Kier molecular flexibility index (Phi) is 11.1. The zero-order valence-corrected chi connectivity index (χ0v) is 27.9. The number of thiazole rings is 1. The Bertz CT molecular complexity index is 1340. The highest BCUT2D eigenvalue weighted by Gasteiger charge is 2.53. The average molecular weight is 625 g/mol. The second-order valence-electron chi connectivity index (χ2n) is 13.3. The topological polar surface area (TPSA) is 106 Å². The number of ether oxygens (including phenoxy) is 2. The van der Waals surface area contributed by atoms with E-state index >= 15 is 0 Å². The molecule has 0 spiro atoms. The lowest BCUT2D eigenvalue weighted by atomic mass is 9.70. The first-order valence-electron chi connectivity index (χ1n) is 15.8. The van der Waals surface area contributed by atoms with Crippen LogP contribution in [0.15, 0.2) is 41.3 Å². The number of aromatic nitrogens is 1. The van der Waals surface area contributed by atoms with Crippen LogP contribution in [0.25, 0.3) is 6.08 Å². The normalized spacial score (nSPS) is 30.3. The third kappa shape index (κ3) is 8.16. The predicted octanol–water partition coefficient (Wildman–Crippen LogP) is 6.98. The quantitative estimate of drug-likeness (QED) is 0.289. The third-order valence-corrected chi connectivity index (χ3v) is 10.6. The number of Topliss-reactive ketones (excluding diaryl/α,β-unsaturated/α-hetero) is 1. The number of hydrogen-bond acceptors (Lipinski definition) is 8. The van der Waals surface area contributed by atoms with Crippen LogP contribution >= 0.6 is 11.3 Å². The van der Waals surface area contributed by atoms with Gasteiger partial charge in [0, 0.05) is 17.7 Å². The third-order valence-electron chi connectivity index (χ3n) is 9.82. The number of aliphatic hydroxyl groups is 1. The van der Waals surface area contributed by atoms with Gasteiger partial charge in [0.25, 0.3) is 0 Å². The summed E-state index contributed by atoms with van der Waals surface area (Å²) in [5.41, 5.74) is 1.39. The van der Waals surface area contributed by atoms with Crippen molar-refractivity contribution in [3.63, 3.8) is 0 Å². The molecule has 1 aromatic heterocycles. The van der Waals surface area contributed by atoms with Crippen molar-refractivity contribution in [3.05, 3.63) is 57.6 Å². The molecule has 3 heterocycles. The van der Waals surface area contributed by atoms with Gasteiger partial charge in [-0.15, -0.1) is 11.3 Å². The van der Waals surface area contributed by atoms with Crippen LogP contribution in [0.2, 0.25) is 0 Å². The number of esters is 1. The number of aryl methyl sites for hydroxylation is 1. The van der Waals surface area contributed by atoms with Crippen molar-refractivity contribution in [1.29, 1.82) is 0 Å². The summed E-state index contributed by atoms with van der Waals surface area (Å²) in [7, 11) is 0. The summed E-state index contributed by atoms with van der Waals surface area (Å²) in [5.74, 6) is -0.541. The van der Waals surface area contributed by atoms with Crippen molar-refractivity contribution in [2.24, 2.45) is 23.2 Å². The van der Waals surface area contributed by atoms with Crippen LogP contribution in [0.4, 0.5) is 4.79 Å². The van der Waals surface area contributed by atoms with E-state index in [0.717, 1.165) is 41.1 Å². The van der Waals surface area contributed by atoms with Crippen LogP contribution in [0.3, 0.4) is 0 Å². The summed E-state index contributed by atoms with van der Waals surface area (Å²) in [4.78, 5) is 46.5. The van der Waals surface area contributed by atoms with Gasteiger partial charge < -0.3 is 14.6 Å². The number of benzene rings is 1. The van der Waals surface area contributed by atoms with Crippen molar-refractivity contribution in [2.75, 3.05) is 0 Å². The molecule has 9 heteroatoms. The molecule has 1 aromatic carbocycles. The molecule has 8 nitrogen and oxygen atoms in total. The van der Waals surface area contributed by atoms with Crippen LogP contribution < -0.4 is 0 Å². The summed E-state index contributed by atoms with van der Waals surface area (Å²) < 4.78 is 11.7. The molecule has 2 unspecified atom stereocenters. The van der Waals surface area contributed by atoms with E-state index in [2.05, 4.69) is 18.8 Å². The van der Waals surface area contributed by atoms with E-state index in [1.165, 1.54) is 11.3 Å². The number of hydrogen-bond donors (Lipinski definition) is 1. The molecule has 1 N–H and O–H groups in total. The lowest BCUT2D eigenvalue weighted by Gasteiger charge is -2.35. The van der Waals surface area contributed by atoms with Gasteiger partial charge in [-0.1, -0.05) is 77.8 Å². The van der Waals surface area contributed by atoms with Gasteiger partial charge in [-0.2, -0.15) is 0 Å². The molecule has 1 amide bonds. The number of cyclic esters (lactones) is 1. The van der Waals surface area contributed by atoms with Crippen molar-refractivity contribution < 1.29 is 29.0 Å². The largest absolute Gasteiger partial charge is 0.458 e. The lowest BCUT2D eigenvalue weighted by molar-refractivity contribution is -0.154. The van der Waals surface area contributed by atoms with Crippen LogP contribution in [-0.2, 0) is 25.7 Å². The van der Waals surface area contributed by atoms with Crippen molar-refractivity contribution >= 4 is 35.3 Å². The zero-order chi connectivity index (χ0) is 32.2. The second kappa shape index (κ2) is 14.4. The maximum absolute atomic E-state index is 13.6. The number of carbonyl (C=O) groups is 3. The molecule has 44 heavy (non-hydrogen) atoms. The summed E-state index contributed by atoms with van der Waals surface area (Å²) in [6, 6.07) is 9.40. The number of nitrogens with zero attached hydrogens (tertiary/aromatic N) is 2. The highest BCUT2D eigenvalue weighted by molar-refractivity contribution is 7.09. The second-order valence-corrected chi connectivity index (χ2v) is 14.4. The van der Waals surface area contributed by atoms with Crippen LogP contribution in [0, 0.1) is 30.1 Å². The fraction of sp³-hybridized carbons (Fsp3) is 0.600. The standard InChI is InChI=1S/C35H48N2O6S/c1-21-12-11-15-28-29(37(28)34(41)42-19-26-13-9-8-10-14-26)17-30(22(2)16-27-20-44-25(5)36-27)43-32(39)18-31(38)35(6,7)33(40)24(4)23(21)3/h8-10,13-14,16,20-21,23-24,28-31,38H,11-12,15,17-19H2,1-7H3/b22-16+/t21-,23-,24+,28+,29?,30?,31-,37?/m0/s1. The molecule has 0 bridgehead atoms. The van der Waals surface area contributed by atoms with Gasteiger partial charge in [0.15, 0.2) is 0 Å². The van der Waals surface area contributed by atoms with Gasteiger partial charge in [-0.3, -0.25) is 14.5 Å². The summed E-state index contributed by atoms with van der Waals surface area (Å²) >= 11 is 1.54. The fourth-order valence-corrected chi connectivity index (χ4v) is 6.91. The van der Waals surface area contributed by atoms with Crippen LogP contribution in [-0.4, -0.2) is 57.1 Å². The summed E-state index contributed by atoms with van der Waals surface area (Å²) in [5, 5.41) is 14.0. The SMILES string of the molecule is C/C(=C\c1csc(C)n1)C1CC2[C@@H](CCC[C@H](C)[C@H](C)[C@@H](C)C(=O)C(C)(C)[C@@H](O)CC(=O)O1)N2C(=O)OCc1ccccc1. The zero-order valence-electron chi connectivity index (χ0n) is 27.1. The monoisotopic (exact) mass is 624 g/mol. The molecular formula is C35H48N2O6S. The van der Waals surface area contributed by atoms with Crippen molar-refractivity contribution in [3.8, 4) is 0 Å². The van der Waals surface area contributed by atoms with E-state index in [0.29, 0.717) is 6.42 Å². The van der Waals surface area contributed by atoms with Gasteiger partial charge in [-0.05, 0) is 49.3 Å². The molecule has 240 valence electrons. The molecule has 0 radical (unpaired) electrons. The predicted molar refractivity (Wildman–Crippen MR) is 172 cm³/mol. The molecular weight excluding hydrogens is 576 g/mol. The van der Waals surface area contributed by atoms with Gasteiger partial charge >= 0.3 is 12.1 Å². The van der Waals surface area contributed by atoms with Gasteiger partial charge in [0.1, 0.15) is 18.5 Å². The molecule has 4 rings (SSSR count). The Morgan fingerprint density at radius 2 is 1.86 bits per heavy atom. The van der Waals surface area contributed by atoms with E-state index in [1.54, 1.807) is 18.7 Å². The summed E-state index contributed by atoms with van der Waals surface area (Å²) in [6.45, 7) is 13.6. The van der Waals surface area contributed by atoms with E-state index in [4.69, 9.17) is 9.47 Å². The first-order valence-corrected chi connectivity index (χ1v) is 16.7. The minimum Gasteiger partial charge on any atom is -0.458 e. The fourth-order valence-electron chi connectivity index (χ4n) is 6.33. The van der Waals surface area contributed by atoms with Crippen LogP contribution in [0.5, 0.6) is 0 Å². The maximum Gasteiger partial charge on any atom is 0.410 e. The molecule has 2 fully saturated rings. The lowest BCUT2D eigenvalue weighted by Crippen LogP contribution is -2.44. The van der Waals surface area contributed by atoms with E-state index < -0.39 is 23.6 Å². The van der Waals surface area contributed by atoms with Crippen molar-refractivity contribution in [2.45, 2.75) is 111 Å². The maximum atomic E-state index is 13.6. The number of ketones is 1. The van der Waals surface area contributed by atoms with Crippen molar-refractivity contribution in [1.82, 2.24) is 9.88 Å². The number of carbonyl (C=O) groups excluding carboxylic acids is 3. The number of amides is 1. The van der Waals surface area contributed by atoms with E-state index in [-0.39, 0.29) is 54.7 Å². The smallest absolute Gasteiger partial charge is 0.410 e. The Morgan fingerprint density at radius 1 is 1.16 bits per heavy atom. The van der Waals surface area contributed by atoms with Gasteiger partial charge in [-0.25, -0.2) is 9.78 Å². The van der Waals surface area contributed by atoms with E-state index in [1.807, 2.05) is 62.6 Å². The minimum absolute atomic E-state index is 0.0345. The summed E-state index contributed by atoms with van der Waals surface area (Å²) in [6.07, 6.45) is 2.41. The molecule has 0 aliphatic carbocycles. The Hall–Kier alpha value is -3.04. The average Bonchev–Trinajstić information content (AvgIpc) is 3.51. The molecule has 7 atom stereocenters. The minimum atomic E-state index is -1.19. The molecule has 2 aliphatic rings. The number of rotatable bonds is 4. The molecule has 0 saturated carbocycles. The number of aliphatic hydroxyl groups excluding tert-OH is 1. The first kappa shape index (κ1) is 33.8. The molecule has 2 aromatic rings. The van der Waals surface area contributed by atoms with E-state index in [9.17, 15) is 19.5 Å².